The van der Waals surface area contributed by atoms with Gasteiger partial charge in [0, 0.05) is 21.7 Å². The molecule has 1 N–H and O–H groups in total. The van der Waals surface area contributed by atoms with Gasteiger partial charge in [-0.3, -0.25) is 9.59 Å². The molecular formula is C16H17Cl2N3O4S. The lowest BCUT2D eigenvalue weighted by molar-refractivity contribution is -0.138. The Morgan fingerprint density at radius 2 is 2.00 bits per heavy atom. The molecule has 2 atom stereocenters. The van der Waals surface area contributed by atoms with Gasteiger partial charge in [-0.1, -0.05) is 29.3 Å². The van der Waals surface area contributed by atoms with Crippen LogP contribution in [0.1, 0.15) is 18.9 Å². The van der Waals surface area contributed by atoms with Crippen molar-refractivity contribution < 1.29 is 18.0 Å². The number of halogens is 2. The number of benzene rings is 1. The average molecular weight is 418 g/mol. The van der Waals surface area contributed by atoms with E-state index in [9.17, 15) is 18.0 Å². The first-order valence-electron chi connectivity index (χ1n) is 7.98. The molecule has 7 nitrogen and oxygen atoms in total. The second kappa shape index (κ2) is 7.17. The Kier molecular flexibility index (Phi) is 5.28. The zero-order chi connectivity index (χ0) is 19.1. The van der Waals surface area contributed by atoms with Crippen LogP contribution in [-0.2, 0) is 26.0 Å². The maximum atomic E-state index is 12.6. The van der Waals surface area contributed by atoms with Gasteiger partial charge in [-0.15, -0.1) is 0 Å². The summed E-state index contributed by atoms with van der Waals surface area (Å²) in [5.74, 6) is -2.15. The lowest BCUT2D eigenvalue weighted by atomic mass is 10.0. The van der Waals surface area contributed by atoms with Gasteiger partial charge in [0.05, 0.1) is 23.8 Å². The Labute approximate surface area is 161 Å². The molecular weight excluding hydrogens is 401 g/mol. The summed E-state index contributed by atoms with van der Waals surface area (Å²) in [7, 11) is -3.12. The predicted molar refractivity (Wildman–Crippen MR) is 98.8 cm³/mol. The van der Waals surface area contributed by atoms with Crippen LogP contribution in [-0.4, -0.2) is 48.5 Å². The van der Waals surface area contributed by atoms with Crippen molar-refractivity contribution in [3.63, 3.8) is 0 Å². The fourth-order valence-corrected chi connectivity index (χ4v) is 5.26. The molecule has 0 spiro atoms. The van der Waals surface area contributed by atoms with Crippen LogP contribution >= 0.6 is 23.2 Å². The molecule has 1 fully saturated rings. The van der Waals surface area contributed by atoms with E-state index >= 15 is 0 Å². The summed E-state index contributed by atoms with van der Waals surface area (Å²) < 4.78 is 23.0. The number of hydrogen-bond acceptors (Lipinski definition) is 5. The van der Waals surface area contributed by atoms with Crippen LogP contribution < -0.4 is 5.32 Å². The Morgan fingerprint density at radius 1 is 1.35 bits per heavy atom. The van der Waals surface area contributed by atoms with Gasteiger partial charge in [0.1, 0.15) is 0 Å². The van der Waals surface area contributed by atoms with Crippen molar-refractivity contribution in [2.24, 2.45) is 11.0 Å². The second-order valence-corrected chi connectivity index (χ2v) is 9.42. The number of sulfone groups is 1. The minimum atomic E-state index is -3.12. The quantitative estimate of drug-likeness (QED) is 0.752. The number of hydrazone groups is 1. The highest BCUT2D eigenvalue weighted by molar-refractivity contribution is 7.91. The lowest BCUT2D eigenvalue weighted by Gasteiger charge is -2.17. The third kappa shape index (κ3) is 3.87. The van der Waals surface area contributed by atoms with Crippen molar-refractivity contribution >= 4 is 50.6 Å². The van der Waals surface area contributed by atoms with E-state index in [1.165, 1.54) is 0 Å². The van der Waals surface area contributed by atoms with Crippen LogP contribution in [0.3, 0.4) is 0 Å². The normalized spacial score (nSPS) is 24.7. The van der Waals surface area contributed by atoms with Crippen molar-refractivity contribution in [2.45, 2.75) is 25.9 Å². The molecule has 0 radical (unpaired) electrons. The average Bonchev–Trinajstić information content (AvgIpc) is 3.02. The molecule has 0 bridgehead atoms. The van der Waals surface area contributed by atoms with Gasteiger partial charge in [0.15, 0.2) is 15.8 Å². The van der Waals surface area contributed by atoms with E-state index in [1.807, 2.05) is 0 Å². The molecule has 0 aromatic heterocycles. The summed E-state index contributed by atoms with van der Waals surface area (Å²) >= 11 is 12.2. The molecule has 2 heterocycles. The third-order valence-electron chi connectivity index (χ3n) is 4.41. The van der Waals surface area contributed by atoms with E-state index in [0.29, 0.717) is 27.7 Å². The van der Waals surface area contributed by atoms with Crippen molar-refractivity contribution in [2.75, 3.05) is 11.5 Å². The van der Waals surface area contributed by atoms with Gasteiger partial charge < -0.3 is 5.32 Å². The Balaban J connectivity index is 1.71. The molecule has 3 rings (SSSR count). The van der Waals surface area contributed by atoms with Crippen molar-refractivity contribution in [3.05, 3.63) is 33.8 Å². The summed E-state index contributed by atoms with van der Waals surface area (Å²) in [6.07, 6.45) is 0.351. The summed E-state index contributed by atoms with van der Waals surface area (Å²) in [6, 6.07) is 4.54. The topological polar surface area (TPSA) is 95.9 Å². The Bertz CT molecular complexity index is 881. The Hall–Kier alpha value is -1.64. The summed E-state index contributed by atoms with van der Waals surface area (Å²) in [4.78, 5) is 25.1. The lowest BCUT2D eigenvalue weighted by Crippen LogP contribution is -2.44. The molecule has 0 unspecified atom stereocenters. The van der Waals surface area contributed by atoms with Gasteiger partial charge >= 0.3 is 0 Å². The highest BCUT2D eigenvalue weighted by Crippen LogP contribution is 2.28. The van der Waals surface area contributed by atoms with E-state index in [0.717, 1.165) is 5.01 Å². The predicted octanol–water partition coefficient (Wildman–Crippen LogP) is 1.63. The van der Waals surface area contributed by atoms with Gasteiger partial charge in [-0.25, -0.2) is 13.4 Å². The molecule has 2 amide bonds. The number of amides is 2. The fourth-order valence-electron chi connectivity index (χ4n) is 3.07. The van der Waals surface area contributed by atoms with Gasteiger partial charge in [-0.05, 0) is 25.5 Å². The molecule has 26 heavy (non-hydrogen) atoms. The molecule has 1 saturated heterocycles. The maximum absolute atomic E-state index is 12.6. The zero-order valence-corrected chi connectivity index (χ0v) is 16.2. The summed E-state index contributed by atoms with van der Waals surface area (Å²) in [5.41, 5.74) is 0.889. The van der Waals surface area contributed by atoms with Crippen LogP contribution in [0.2, 0.25) is 10.0 Å². The van der Waals surface area contributed by atoms with E-state index in [4.69, 9.17) is 23.2 Å². The Morgan fingerprint density at radius 3 is 2.58 bits per heavy atom. The van der Waals surface area contributed by atoms with Crippen molar-refractivity contribution in [3.8, 4) is 0 Å². The highest BCUT2D eigenvalue weighted by atomic mass is 35.5. The smallest absolute Gasteiger partial charge is 0.261 e. The minimum Gasteiger partial charge on any atom is -0.351 e. The van der Waals surface area contributed by atoms with Gasteiger partial charge in [0.25, 0.3) is 5.91 Å². The van der Waals surface area contributed by atoms with Crippen LogP contribution in [0.4, 0.5) is 0 Å². The molecule has 10 heteroatoms. The van der Waals surface area contributed by atoms with Gasteiger partial charge in [0.2, 0.25) is 5.91 Å². The largest absolute Gasteiger partial charge is 0.351 e. The van der Waals surface area contributed by atoms with Gasteiger partial charge in [-0.2, -0.15) is 5.10 Å². The van der Waals surface area contributed by atoms with Crippen LogP contribution in [0.25, 0.3) is 0 Å². The van der Waals surface area contributed by atoms with Crippen LogP contribution in [0, 0.1) is 5.92 Å². The third-order valence-corrected chi connectivity index (χ3v) is 6.88. The SMILES string of the molecule is CC1=NN(Cc2c(Cl)cccc2Cl)C(=O)[C@H]1C(=O)N[C@H]1CCS(=O)(=O)C1. The molecule has 0 saturated carbocycles. The van der Waals surface area contributed by atoms with E-state index in [1.54, 1.807) is 25.1 Å². The maximum Gasteiger partial charge on any atom is 0.261 e. The number of carbonyl (C=O) groups is 2. The number of carbonyl (C=O) groups excluding carboxylic acids is 2. The standard InChI is InChI=1S/C16H17Cl2N3O4S/c1-9-14(15(22)19-10-5-6-26(24,25)8-10)16(23)21(20-9)7-11-12(17)3-2-4-13(11)18/h2-4,10,14H,5-8H2,1H3,(H,19,22)/t10-,14+/m0/s1. The van der Waals surface area contributed by atoms with Crippen LogP contribution in [0.15, 0.2) is 23.3 Å². The number of nitrogens with one attached hydrogen (secondary N) is 1. The zero-order valence-electron chi connectivity index (χ0n) is 13.9. The van der Waals surface area contributed by atoms with E-state index < -0.39 is 33.6 Å². The first kappa shape index (κ1) is 19.1. The monoisotopic (exact) mass is 417 g/mol. The van der Waals surface area contributed by atoms with Crippen molar-refractivity contribution in [1.82, 2.24) is 10.3 Å². The molecule has 2 aliphatic heterocycles. The van der Waals surface area contributed by atoms with E-state index in [2.05, 4.69) is 10.4 Å². The first-order chi connectivity index (χ1) is 12.2. The van der Waals surface area contributed by atoms with E-state index in [-0.39, 0.29) is 18.1 Å². The number of rotatable bonds is 4. The molecule has 1 aromatic carbocycles. The minimum absolute atomic E-state index is 0.0424. The second-order valence-electron chi connectivity index (χ2n) is 6.38. The first-order valence-corrected chi connectivity index (χ1v) is 10.6. The molecule has 140 valence electrons. The van der Waals surface area contributed by atoms with Crippen LogP contribution in [0.5, 0.6) is 0 Å². The number of hydrogen-bond donors (Lipinski definition) is 1. The summed E-state index contributed by atoms with van der Waals surface area (Å²) in [5, 5.41) is 8.78. The molecule has 0 aliphatic carbocycles. The fraction of sp³-hybridized carbons (Fsp3) is 0.438. The molecule has 1 aromatic rings. The molecule has 2 aliphatic rings. The highest BCUT2D eigenvalue weighted by Gasteiger charge is 2.41. The summed E-state index contributed by atoms with van der Waals surface area (Å²) in [6.45, 7) is 1.64. The van der Waals surface area contributed by atoms with Crippen molar-refractivity contribution in [1.29, 1.82) is 0 Å². The number of nitrogens with zero attached hydrogens (tertiary/aromatic N) is 2.